The van der Waals surface area contributed by atoms with Crippen LogP contribution in [0.2, 0.25) is 0 Å². The third kappa shape index (κ3) is 3.67. The maximum atomic E-state index is 11.1. The first-order valence-corrected chi connectivity index (χ1v) is 6.88. The van der Waals surface area contributed by atoms with Crippen LogP contribution in [-0.4, -0.2) is 17.0 Å². The van der Waals surface area contributed by atoms with Crippen molar-refractivity contribution in [2.24, 2.45) is 5.84 Å². The smallest absolute Gasteiger partial charge is 0.311 e. The molecule has 0 aliphatic rings. The molecule has 7 nitrogen and oxygen atoms in total. The number of nitrogens with zero attached hydrogens (tertiary/aromatic N) is 3. The summed E-state index contributed by atoms with van der Waals surface area (Å²) in [4.78, 5) is 16.5. The van der Waals surface area contributed by atoms with Crippen molar-refractivity contribution in [1.29, 1.82) is 0 Å². The third-order valence-electron chi connectivity index (χ3n) is 2.89. The van der Waals surface area contributed by atoms with Gasteiger partial charge in [0.2, 0.25) is 5.82 Å². The molecule has 0 radical (unpaired) electrons. The predicted octanol–water partition coefficient (Wildman–Crippen LogP) is 2.67. The molecule has 0 aliphatic heterocycles. The van der Waals surface area contributed by atoms with Crippen molar-refractivity contribution >= 4 is 33.3 Å². The van der Waals surface area contributed by atoms with Crippen LogP contribution in [0.25, 0.3) is 0 Å². The molecule has 0 amide bonds. The Labute approximate surface area is 130 Å². The second kappa shape index (κ2) is 6.51. The Bertz CT molecular complexity index is 648. The van der Waals surface area contributed by atoms with Gasteiger partial charge in [-0.3, -0.25) is 10.1 Å². The van der Waals surface area contributed by atoms with Crippen molar-refractivity contribution in [1.82, 2.24) is 4.98 Å². The minimum atomic E-state index is -0.458. The number of hydrazine groups is 1. The summed E-state index contributed by atoms with van der Waals surface area (Å²) in [5.41, 5.74) is 3.35. The molecule has 3 N–H and O–H groups in total. The Hall–Kier alpha value is -2.19. The Morgan fingerprint density at radius 1 is 1.33 bits per heavy atom. The van der Waals surface area contributed by atoms with Crippen molar-refractivity contribution in [2.75, 3.05) is 17.4 Å². The molecule has 1 aromatic carbocycles. The topological polar surface area (TPSA) is 97.3 Å². The highest BCUT2D eigenvalue weighted by molar-refractivity contribution is 9.10. The summed E-state index contributed by atoms with van der Waals surface area (Å²) in [6.07, 6.45) is 0. The van der Waals surface area contributed by atoms with Gasteiger partial charge in [0.25, 0.3) is 0 Å². The zero-order valence-electron chi connectivity index (χ0n) is 11.3. The van der Waals surface area contributed by atoms with E-state index in [2.05, 4.69) is 26.3 Å². The van der Waals surface area contributed by atoms with Crippen molar-refractivity contribution in [3.05, 3.63) is 56.5 Å². The number of halogens is 1. The fraction of sp³-hybridized carbons (Fsp3) is 0.154. The first kappa shape index (κ1) is 15.2. The SMILES string of the molecule is CN(Cc1ccc(Br)cc1)c1nc(NN)ccc1[N+](=O)[O-]. The van der Waals surface area contributed by atoms with E-state index in [1.54, 1.807) is 11.9 Å². The molecule has 2 aromatic rings. The van der Waals surface area contributed by atoms with Crippen LogP contribution < -0.4 is 16.2 Å². The zero-order chi connectivity index (χ0) is 15.4. The van der Waals surface area contributed by atoms with E-state index >= 15 is 0 Å². The number of nitro groups is 1. The molecule has 2 rings (SSSR count). The van der Waals surface area contributed by atoms with Gasteiger partial charge in [-0.25, -0.2) is 10.8 Å². The van der Waals surface area contributed by atoms with Gasteiger partial charge in [0, 0.05) is 24.1 Å². The number of hydrogen-bond donors (Lipinski definition) is 2. The third-order valence-corrected chi connectivity index (χ3v) is 3.42. The van der Waals surface area contributed by atoms with E-state index in [9.17, 15) is 10.1 Å². The van der Waals surface area contributed by atoms with E-state index in [0.29, 0.717) is 12.4 Å². The second-order valence-electron chi connectivity index (χ2n) is 4.42. The quantitative estimate of drug-likeness (QED) is 0.488. The monoisotopic (exact) mass is 351 g/mol. The summed E-state index contributed by atoms with van der Waals surface area (Å²) in [5, 5.41) is 11.1. The van der Waals surface area contributed by atoms with Gasteiger partial charge >= 0.3 is 5.69 Å². The number of benzene rings is 1. The first-order valence-electron chi connectivity index (χ1n) is 6.09. The molecule has 0 bridgehead atoms. The molecule has 8 heteroatoms. The van der Waals surface area contributed by atoms with Crippen molar-refractivity contribution in [3.8, 4) is 0 Å². The Kier molecular flexibility index (Phi) is 4.71. The van der Waals surface area contributed by atoms with E-state index in [1.165, 1.54) is 12.1 Å². The standard InChI is InChI=1S/C13H14BrN5O2/c1-18(8-9-2-4-10(14)5-3-9)13-11(19(20)21)6-7-12(16-13)17-15/h2-7H,8,15H2,1H3,(H,16,17). The molecule has 0 atom stereocenters. The second-order valence-corrected chi connectivity index (χ2v) is 5.34. The van der Waals surface area contributed by atoms with Crippen LogP contribution in [0.15, 0.2) is 40.9 Å². The minimum absolute atomic E-state index is 0.0615. The molecule has 0 saturated heterocycles. The van der Waals surface area contributed by atoms with E-state index in [0.717, 1.165) is 10.0 Å². The van der Waals surface area contributed by atoms with Gasteiger partial charge in [-0.2, -0.15) is 0 Å². The van der Waals surface area contributed by atoms with Crippen molar-refractivity contribution in [3.63, 3.8) is 0 Å². The summed E-state index contributed by atoms with van der Waals surface area (Å²) in [6, 6.07) is 10.6. The molecule has 0 spiro atoms. The van der Waals surface area contributed by atoms with E-state index in [4.69, 9.17) is 5.84 Å². The highest BCUT2D eigenvalue weighted by atomic mass is 79.9. The maximum Gasteiger partial charge on any atom is 0.311 e. The number of rotatable bonds is 5. The number of nitrogens with one attached hydrogen (secondary N) is 1. The molecular weight excluding hydrogens is 338 g/mol. The number of aromatic nitrogens is 1. The Morgan fingerprint density at radius 3 is 2.57 bits per heavy atom. The van der Waals surface area contributed by atoms with Crippen molar-refractivity contribution < 1.29 is 4.92 Å². The molecule has 0 aliphatic carbocycles. The summed E-state index contributed by atoms with van der Waals surface area (Å²) < 4.78 is 0.979. The molecule has 21 heavy (non-hydrogen) atoms. The molecule has 0 saturated carbocycles. The molecule has 0 unspecified atom stereocenters. The molecular formula is C13H14BrN5O2. The normalized spacial score (nSPS) is 10.2. The maximum absolute atomic E-state index is 11.1. The molecule has 1 aromatic heterocycles. The van der Waals surface area contributed by atoms with Gasteiger partial charge in [0.15, 0.2) is 0 Å². The average Bonchev–Trinajstić information content (AvgIpc) is 2.48. The summed E-state index contributed by atoms with van der Waals surface area (Å²) in [7, 11) is 1.75. The summed E-state index contributed by atoms with van der Waals surface area (Å²) in [5.74, 6) is 5.94. The van der Waals surface area contributed by atoms with E-state index < -0.39 is 4.92 Å². The summed E-state index contributed by atoms with van der Waals surface area (Å²) in [6.45, 7) is 0.495. The van der Waals surface area contributed by atoms with Gasteiger partial charge in [-0.1, -0.05) is 28.1 Å². The van der Waals surface area contributed by atoms with Gasteiger partial charge in [-0.15, -0.1) is 0 Å². The van der Waals surface area contributed by atoms with Crippen LogP contribution in [0.5, 0.6) is 0 Å². The number of nitrogen functional groups attached to an aromatic ring is 1. The van der Waals surface area contributed by atoms with E-state index in [-0.39, 0.29) is 11.5 Å². The Morgan fingerprint density at radius 2 is 2.00 bits per heavy atom. The fourth-order valence-electron chi connectivity index (χ4n) is 1.88. The largest absolute Gasteiger partial charge is 0.350 e. The highest BCUT2D eigenvalue weighted by Gasteiger charge is 2.19. The molecule has 110 valence electrons. The van der Waals surface area contributed by atoms with Gasteiger partial charge in [-0.05, 0) is 23.8 Å². The van der Waals surface area contributed by atoms with Gasteiger partial charge in [0.05, 0.1) is 4.92 Å². The van der Waals surface area contributed by atoms with Crippen LogP contribution in [-0.2, 0) is 6.54 Å². The van der Waals surface area contributed by atoms with Crippen LogP contribution in [0, 0.1) is 10.1 Å². The number of anilines is 2. The average molecular weight is 352 g/mol. The number of hydrogen-bond acceptors (Lipinski definition) is 6. The van der Waals surface area contributed by atoms with Gasteiger partial charge in [0.1, 0.15) is 5.82 Å². The first-order chi connectivity index (χ1) is 10.0. The van der Waals surface area contributed by atoms with Crippen molar-refractivity contribution in [2.45, 2.75) is 6.54 Å². The van der Waals surface area contributed by atoms with Crippen LogP contribution in [0.3, 0.4) is 0 Å². The fourth-order valence-corrected chi connectivity index (χ4v) is 2.15. The lowest BCUT2D eigenvalue weighted by molar-refractivity contribution is -0.384. The van der Waals surface area contributed by atoms with Crippen LogP contribution >= 0.6 is 15.9 Å². The lowest BCUT2D eigenvalue weighted by atomic mass is 10.2. The number of pyridine rings is 1. The van der Waals surface area contributed by atoms with Crippen LogP contribution in [0.4, 0.5) is 17.3 Å². The lowest BCUT2D eigenvalue weighted by Crippen LogP contribution is -2.20. The molecule has 1 heterocycles. The highest BCUT2D eigenvalue weighted by Crippen LogP contribution is 2.27. The predicted molar refractivity (Wildman–Crippen MR) is 85.0 cm³/mol. The lowest BCUT2D eigenvalue weighted by Gasteiger charge is -2.18. The molecule has 0 fully saturated rings. The van der Waals surface area contributed by atoms with E-state index in [1.807, 2.05) is 24.3 Å². The number of nitrogens with two attached hydrogens (primary N) is 1. The van der Waals surface area contributed by atoms with Crippen LogP contribution in [0.1, 0.15) is 5.56 Å². The minimum Gasteiger partial charge on any atom is -0.350 e. The summed E-state index contributed by atoms with van der Waals surface area (Å²) >= 11 is 3.37. The zero-order valence-corrected chi connectivity index (χ0v) is 12.9. The van der Waals surface area contributed by atoms with Gasteiger partial charge < -0.3 is 10.3 Å². The Balaban J connectivity index is 2.30.